The number of carboxylic acid groups (broad SMARTS) is 1. The molecule has 0 radical (unpaired) electrons. The molecule has 7 nitrogen and oxygen atoms in total. The van der Waals surface area contributed by atoms with Gasteiger partial charge < -0.3 is 19.3 Å². The van der Waals surface area contributed by atoms with E-state index in [0.717, 1.165) is 12.2 Å². The summed E-state index contributed by atoms with van der Waals surface area (Å²) in [6.45, 7) is 7.00. The lowest BCUT2D eigenvalue weighted by Gasteiger charge is -2.30. The van der Waals surface area contributed by atoms with Crippen LogP contribution in [0.5, 0.6) is 17.2 Å². The average Bonchev–Trinajstić information content (AvgIpc) is 2.80. The number of benzene rings is 2. The van der Waals surface area contributed by atoms with E-state index in [9.17, 15) is 19.5 Å². The SMILES string of the molecule is C=CC(=O)Oc1cc(OC)c(C(=O)C=CC(=Cc2ccccc2)C(=O)O)c2c1C=CC(C)(C)O2. The molecule has 1 N–H and O–H groups in total. The first-order chi connectivity index (χ1) is 16.1. The van der Waals surface area contributed by atoms with E-state index < -0.39 is 23.3 Å². The number of methoxy groups -OCH3 is 1. The monoisotopic (exact) mass is 460 g/mol. The Morgan fingerprint density at radius 3 is 2.41 bits per heavy atom. The second-order valence-corrected chi connectivity index (χ2v) is 7.87. The van der Waals surface area contributed by atoms with E-state index in [1.165, 1.54) is 25.3 Å². The van der Waals surface area contributed by atoms with Crippen LogP contribution in [0.1, 0.15) is 35.3 Å². The zero-order valence-electron chi connectivity index (χ0n) is 19.0. The van der Waals surface area contributed by atoms with Crippen LogP contribution in [0.2, 0.25) is 0 Å². The van der Waals surface area contributed by atoms with Crippen molar-refractivity contribution >= 4 is 29.9 Å². The highest BCUT2D eigenvalue weighted by molar-refractivity contribution is 6.11. The van der Waals surface area contributed by atoms with Crippen molar-refractivity contribution in [1.82, 2.24) is 0 Å². The fourth-order valence-electron chi connectivity index (χ4n) is 3.26. The number of hydrogen-bond donors (Lipinski definition) is 1. The highest BCUT2D eigenvalue weighted by Gasteiger charge is 2.31. The summed E-state index contributed by atoms with van der Waals surface area (Å²) >= 11 is 0. The van der Waals surface area contributed by atoms with Gasteiger partial charge in [-0.25, -0.2) is 9.59 Å². The maximum Gasteiger partial charge on any atom is 0.335 e. The fraction of sp³-hybridized carbons (Fsp3) is 0.148. The Kier molecular flexibility index (Phi) is 7.16. The Hall–Kier alpha value is -4.39. The second-order valence-electron chi connectivity index (χ2n) is 7.87. The number of carbonyl (C=O) groups is 3. The predicted octanol–water partition coefficient (Wildman–Crippen LogP) is 4.88. The average molecular weight is 460 g/mol. The Bertz CT molecular complexity index is 1230. The van der Waals surface area contributed by atoms with E-state index >= 15 is 0 Å². The summed E-state index contributed by atoms with van der Waals surface area (Å²) in [6, 6.07) is 10.3. The minimum Gasteiger partial charge on any atom is -0.496 e. The first-order valence-corrected chi connectivity index (χ1v) is 10.3. The second kappa shape index (κ2) is 10.0. The van der Waals surface area contributed by atoms with Crippen LogP contribution in [-0.2, 0) is 9.59 Å². The van der Waals surface area contributed by atoms with Gasteiger partial charge in [-0.3, -0.25) is 4.79 Å². The molecule has 1 heterocycles. The van der Waals surface area contributed by atoms with Crippen molar-refractivity contribution in [3.8, 4) is 17.2 Å². The molecule has 3 rings (SSSR count). The summed E-state index contributed by atoms with van der Waals surface area (Å²) < 4.78 is 16.8. The number of carboxylic acids is 1. The first-order valence-electron chi connectivity index (χ1n) is 10.3. The lowest BCUT2D eigenvalue weighted by molar-refractivity contribution is -0.132. The number of fused-ring (bicyclic) bond motifs is 1. The van der Waals surface area contributed by atoms with Gasteiger partial charge in [0.1, 0.15) is 28.4 Å². The summed E-state index contributed by atoms with van der Waals surface area (Å²) in [6.07, 6.45) is 8.30. The number of aliphatic carboxylic acids is 1. The molecule has 0 aromatic heterocycles. The summed E-state index contributed by atoms with van der Waals surface area (Å²) in [5.74, 6) is -2.00. The predicted molar refractivity (Wildman–Crippen MR) is 128 cm³/mol. The van der Waals surface area contributed by atoms with Crippen LogP contribution in [0, 0.1) is 0 Å². The van der Waals surface area contributed by atoms with E-state index in [1.54, 1.807) is 50.3 Å². The molecule has 174 valence electrons. The fourth-order valence-corrected chi connectivity index (χ4v) is 3.26. The van der Waals surface area contributed by atoms with Gasteiger partial charge in [0, 0.05) is 12.1 Å². The normalized spacial score (nSPS) is 14.1. The minimum absolute atomic E-state index is 0.0778. The largest absolute Gasteiger partial charge is 0.496 e. The summed E-state index contributed by atoms with van der Waals surface area (Å²) in [5, 5.41) is 9.58. The Morgan fingerprint density at radius 2 is 1.79 bits per heavy atom. The number of rotatable bonds is 8. The molecule has 2 aromatic carbocycles. The van der Waals surface area contributed by atoms with Gasteiger partial charge in [0.25, 0.3) is 0 Å². The van der Waals surface area contributed by atoms with Crippen LogP contribution in [0.15, 0.2) is 72.9 Å². The van der Waals surface area contributed by atoms with Crippen molar-refractivity contribution in [2.75, 3.05) is 7.11 Å². The van der Waals surface area contributed by atoms with E-state index in [4.69, 9.17) is 14.2 Å². The van der Waals surface area contributed by atoms with E-state index in [1.807, 2.05) is 6.07 Å². The topological polar surface area (TPSA) is 99.1 Å². The molecule has 7 heteroatoms. The molecule has 0 fully saturated rings. The lowest BCUT2D eigenvalue weighted by atomic mass is 9.96. The molecular weight excluding hydrogens is 436 g/mol. The number of esters is 1. The van der Waals surface area contributed by atoms with Crippen molar-refractivity contribution in [2.45, 2.75) is 19.4 Å². The molecule has 0 unspecified atom stereocenters. The van der Waals surface area contributed by atoms with Crippen molar-refractivity contribution < 1.29 is 33.7 Å². The van der Waals surface area contributed by atoms with Crippen molar-refractivity contribution in [1.29, 1.82) is 0 Å². The molecule has 0 atom stereocenters. The lowest BCUT2D eigenvalue weighted by Crippen LogP contribution is -2.29. The third kappa shape index (κ3) is 5.50. The van der Waals surface area contributed by atoms with Gasteiger partial charge in [0.15, 0.2) is 5.78 Å². The van der Waals surface area contributed by atoms with Gasteiger partial charge in [-0.1, -0.05) is 36.9 Å². The molecule has 0 aliphatic carbocycles. The van der Waals surface area contributed by atoms with Crippen LogP contribution < -0.4 is 14.2 Å². The third-order valence-electron chi connectivity index (χ3n) is 4.89. The number of hydrogen-bond acceptors (Lipinski definition) is 6. The first kappa shape index (κ1) is 24.3. The smallest absolute Gasteiger partial charge is 0.335 e. The molecule has 0 spiro atoms. The molecule has 0 saturated carbocycles. The van der Waals surface area contributed by atoms with Crippen LogP contribution in [0.25, 0.3) is 12.2 Å². The van der Waals surface area contributed by atoms with Gasteiger partial charge in [-0.2, -0.15) is 0 Å². The summed E-state index contributed by atoms with van der Waals surface area (Å²) in [5.41, 5.74) is 0.303. The zero-order chi connectivity index (χ0) is 24.9. The summed E-state index contributed by atoms with van der Waals surface area (Å²) in [7, 11) is 1.36. The number of carbonyl (C=O) groups excluding carboxylic acids is 2. The van der Waals surface area contributed by atoms with E-state index in [2.05, 4.69) is 6.58 Å². The quantitative estimate of drug-likeness (QED) is 0.197. The maximum absolute atomic E-state index is 13.3. The molecule has 2 aromatic rings. The van der Waals surface area contributed by atoms with Crippen molar-refractivity contribution in [3.63, 3.8) is 0 Å². The highest BCUT2D eigenvalue weighted by Crippen LogP contribution is 2.44. The molecule has 0 amide bonds. The van der Waals surface area contributed by atoms with Gasteiger partial charge in [0.2, 0.25) is 0 Å². The number of ketones is 1. The van der Waals surface area contributed by atoms with Gasteiger partial charge in [-0.05, 0) is 49.8 Å². The Labute approximate surface area is 197 Å². The van der Waals surface area contributed by atoms with Crippen LogP contribution in [0.4, 0.5) is 0 Å². The minimum atomic E-state index is -1.19. The molecule has 1 aliphatic rings. The molecule has 0 saturated heterocycles. The van der Waals surface area contributed by atoms with E-state index in [-0.39, 0.29) is 28.4 Å². The summed E-state index contributed by atoms with van der Waals surface area (Å²) in [4.78, 5) is 36.8. The Balaban J connectivity index is 2.09. The van der Waals surface area contributed by atoms with Gasteiger partial charge in [0.05, 0.1) is 18.2 Å². The van der Waals surface area contributed by atoms with Gasteiger partial charge in [-0.15, -0.1) is 0 Å². The van der Waals surface area contributed by atoms with Crippen LogP contribution >= 0.6 is 0 Å². The Morgan fingerprint density at radius 1 is 1.09 bits per heavy atom. The molecule has 1 aliphatic heterocycles. The molecular formula is C27H24O7. The van der Waals surface area contributed by atoms with Crippen LogP contribution in [0.3, 0.4) is 0 Å². The third-order valence-corrected chi connectivity index (χ3v) is 4.89. The number of allylic oxidation sites excluding steroid dienone is 1. The maximum atomic E-state index is 13.3. The van der Waals surface area contributed by atoms with Gasteiger partial charge >= 0.3 is 11.9 Å². The zero-order valence-corrected chi connectivity index (χ0v) is 19.0. The number of ether oxygens (including phenoxy) is 3. The molecule has 0 bridgehead atoms. The standard InChI is InChI=1S/C27H24O7/c1-5-23(29)33-21-16-22(32-4)24(25-19(21)13-14-27(2,3)34-25)20(28)12-11-18(26(30)31)15-17-9-7-6-8-10-17/h5-16H,1H2,2-4H3,(H,30,31). The van der Waals surface area contributed by atoms with E-state index in [0.29, 0.717) is 11.1 Å². The van der Waals surface area contributed by atoms with Crippen molar-refractivity contribution in [3.05, 3.63) is 89.5 Å². The highest BCUT2D eigenvalue weighted by atomic mass is 16.5. The molecule has 34 heavy (non-hydrogen) atoms. The van der Waals surface area contributed by atoms with Crippen molar-refractivity contribution in [2.24, 2.45) is 0 Å². The van der Waals surface area contributed by atoms with Crippen LogP contribution in [-0.4, -0.2) is 35.5 Å².